The number of fused-ring (bicyclic) bond motifs is 1. The van der Waals surface area contributed by atoms with Gasteiger partial charge in [0.05, 0.1) is 17.5 Å². The minimum absolute atomic E-state index is 0.0686. The molecule has 1 aliphatic rings. The molecule has 0 spiro atoms. The van der Waals surface area contributed by atoms with Crippen LogP contribution in [0.25, 0.3) is 0 Å². The summed E-state index contributed by atoms with van der Waals surface area (Å²) in [6.45, 7) is 9.14. The highest BCUT2D eigenvalue weighted by atomic mass is 16.5. The van der Waals surface area contributed by atoms with Crippen molar-refractivity contribution in [2.24, 2.45) is 5.92 Å². The fourth-order valence-corrected chi connectivity index (χ4v) is 2.52. The van der Waals surface area contributed by atoms with Crippen molar-refractivity contribution >= 4 is 23.2 Å². The predicted molar refractivity (Wildman–Crippen MR) is 95.4 cm³/mol. The second-order valence-corrected chi connectivity index (χ2v) is 6.64. The molecule has 0 bridgehead atoms. The zero-order valence-corrected chi connectivity index (χ0v) is 14.8. The predicted octanol–water partition coefficient (Wildman–Crippen LogP) is 2.62. The Bertz CT molecular complexity index is 599. The summed E-state index contributed by atoms with van der Waals surface area (Å²) in [5.41, 5.74) is 2.02. The first-order chi connectivity index (χ1) is 11.4. The molecule has 1 heterocycles. The first-order valence-corrected chi connectivity index (χ1v) is 8.49. The van der Waals surface area contributed by atoms with Gasteiger partial charge < -0.3 is 20.7 Å². The smallest absolute Gasteiger partial charge is 0.251 e. The lowest BCUT2D eigenvalue weighted by atomic mass is 9.99. The molecule has 1 aromatic carbocycles. The third-order valence-corrected chi connectivity index (χ3v) is 3.86. The Morgan fingerprint density at radius 2 is 2.00 bits per heavy atom. The first-order valence-electron chi connectivity index (χ1n) is 8.49. The van der Waals surface area contributed by atoms with Crippen LogP contribution in [0.4, 0.5) is 11.4 Å². The lowest BCUT2D eigenvalue weighted by Crippen LogP contribution is -2.42. The number of anilines is 2. The van der Waals surface area contributed by atoms with Crippen LogP contribution < -0.4 is 16.0 Å². The average molecular weight is 333 g/mol. The molecule has 0 radical (unpaired) electrons. The minimum Gasteiger partial charge on any atom is -0.379 e. The third-order valence-electron chi connectivity index (χ3n) is 3.86. The van der Waals surface area contributed by atoms with Crippen LogP contribution >= 0.6 is 0 Å². The summed E-state index contributed by atoms with van der Waals surface area (Å²) in [5.74, 6) is -0.0299. The van der Waals surface area contributed by atoms with Gasteiger partial charge in [-0.2, -0.15) is 0 Å². The van der Waals surface area contributed by atoms with Crippen molar-refractivity contribution < 1.29 is 14.3 Å². The van der Waals surface area contributed by atoms with Gasteiger partial charge in [-0.05, 0) is 44.4 Å². The zero-order valence-electron chi connectivity index (χ0n) is 14.8. The Balaban J connectivity index is 1.93. The molecule has 0 aliphatic carbocycles. The molecule has 1 aliphatic heterocycles. The molecule has 0 saturated heterocycles. The fourth-order valence-electron chi connectivity index (χ4n) is 2.52. The second-order valence-electron chi connectivity index (χ2n) is 6.64. The van der Waals surface area contributed by atoms with E-state index in [0.717, 1.165) is 12.1 Å². The molecule has 2 rings (SSSR count). The van der Waals surface area contributed by atoms with Gasteiger partial charge in [-0.1, -0.05) is 13.8 Å². The Morgan fingerprint density at radius 3 is 2.67 bits per heavy atom. The van der Waals surface area contributed by atoms with E-state index < -0.39 is 0 Å². The number of ether oxygens (including phenoxy) is 1. The van der Waals surface area contributed by atoms with E-state index in [1.807, 2.05) is 33.8 Å². The minimum atomic E-state index is -0.252. The maximum Gasteiger partial charge on any atom is 0.251 e. The van der Waals surface area contributed by atoms with Crippen LogP contribution in [0.3, 0.4) is 0 Å². The Morgan fingerprint density at radius 1 is 1.25 bits per heavy atom. The maximum atomic E-state index is 12.2. The maximum absolute atomic E-state index is 12.2. The fraction of sp³-hybridized carbons (Fsp3) is 0.556. The number of carbonyl (C=O) groups is 2. The molecule has 0 fully saturated rings. The van der Waals surface area contributed by atoms with Crippen molar-refractivity contribution in [2.75, 3.05) is 23.8 Å². The van der Waals surface area contributed by atoms with E-state index in [1.165, 1.54) is 0 Å². The van der Waals surface area contributed by atoms with Crippen molar-refractivity contribution in [3.05, 3.63) is 23.8 Å². The molecular formula is C18H27N3O3. The van der Waals surface area contributed by atoms with Crippen LogP contribution in [0.1, 0.15) is 44.5 Å². The number of amides is 2. The summed E-state index contributed by atoms with van der Waals surface area (Å²) in [6, 6.07) is 5.05. The third kappa shape index (κ3) is 4.71. The number of hydrogen-bond acceptors (Lipinski definition) is 4. The normalized spacial score (nSPS) is 16.6. The highest BCUT2D eigenvalue weighted by molar-refractivity contribution is 6.05. The van der Waals surface area contributed by atoms with Crippen molar-refractivity contribution in [1.82, 2.24) is 5.32 Å². The van der Waals surface area contributed by atoms with Crippen molar-refractivity contribution in [3.63, 3.8) is 0 Å². The van der Waals surface area contributed by atoms with Crippen LogP contribution in [-0.4, -0.2) is 37.1 Å². The van der Waals surface area contributed by atoms with Crippen molar-refractivity contribution in [3.8, 4) is 0 Å². The number of benzene rings is 1. The highest BCUT2D eigenvalue weighted by Gasteiger charge is 2.28. The lowest BCUT2D eigenvalue weighted by Gasteiger charge is -2.29. The van der Waals surface area contributed by atoms with Gasteiger partial charge in [0.1, 0.15) is 6.04 Å². The molecular weight excluding hydrogens is 306 g/mol. The van der Waals surface area contributed by atoms with Crippen molar-refractivity contribution in [1.29, 1.82) is 0 Å². The number of hydrogen-bond donors (Lipinski definition) is 3. The standard InChI is InChI=1S/C18H27N3O3/c1-11(2)16-18(23)21-15-10-13(6-7-14(15)20-16)17(22)19-8-5-9-24-12(3)4/h6-7,10-12,16,20H,5,8-9H2,1-4H3,(H,19,22)(H,21,23)/t16-/m1/s1. The summed E-state index contributed by atoms with van der Waals surface area (Å²) >= 11 is 0. The monoisotopic (exact) mass is 333 g/mol. The first kappa shape index (κ1) is 18.3. The van der Waals surface area contributed by atoms with Crippen LogP contribution in [0.5, 0.6) is 0 Å². The van der Waals surface area contributed by atoms with Gasteiger partial charge >= 0.3 is 0 Å². The van der Waals surface area contributed by atoms with E-state index in [0.29, 0.717) is 24.4 Å². The summed E-state index contributed by atoms with van der Waals surface area (Å²) in [5, 5.41) is 8.96. The SMILES string of the molecule is CC(C)OCCCNC(=O)c1ccc2c(c1)NC(=O)[C@@H](C(C)C)N2. The largest absolute Gasteiger partial charge is 0.379 e. The van der Waals surface area contributed by atoms with E-state index in [4.69, 9.17) is 4.74 Å². The Kier molecular flexibility index (Phi) is 6.20. The van der Waals surface area contributed by atoms with Crippen LogP contribution in [0.2, 0.25) is 0 Å². The van der Waals surface area contributed by atoms with E-state index >= 15 is 0 Å². The Labute approximate surface area is 143 Å². The number of carbonyl (C=O) groups excluding carboxylic acids is 2. The van der Waals surface area contributed by atoms with Crippen molar-refractivity contribution in [2.45, 2.75) is 46.3 Å². The van der Waals surface area contributed by atoms with E-state index in [2.05, 4.69) is 16.0 Å². The number of nitrogens with one attached hydrogen (secondary N) is 3. The molecule has 2 amide bonds. The second kappa shape index (κ2) is 8.15. The molecule has 0 saturated carbocycles. The number of rotatable bonds is 7. The molecule has 132 valence electrons. The van der Waals surface area contributed by atoms with E-state index in [9.17, 15) is 9.59 Å². The molecule has 1 aromatic rings. The van der Waals surface area contributed by atoms with Gasteiger partial charge in [-0.3, -0.25) is 9.59 Å². The van der Waals surface area contributed by atoms with Crippen LogP contribution in [0, 0.1) is 5.92 Å². The van der Waals surface area contributed by atoms with Crippen LogP contribution in [0.15, 0.2) is 18.2 Å². The van der Waals surface area contributed by atoms with Gasteiger partial charge in [-0.25, -0.2) is 0 Å². The lowest BCUT2D eigenvalue weighted by molar-refractivity contribution is -0.117. The zero-order chi connectivity index (χ0) is 17.7. The average Bonchev–Trinajstić information content (AvgIpc) is 2.52. The Hall–Kier alpha value is -2.08. The summed E-state index contributed by atoms with van der Waals surface area (Å²) < 4.78 is 5.44. The van der Waals surface area contributed by atoms with Gasteiger partial charge in [0, 0.05) is 18.7 Å². The van der Waals surface area contributed by atoms with E-state index in [-0.39, 0.29) is 29.9 Å². The topological polar surface area (TPSA) is 79.5 Å². The van der Waals surface area contributed by atoms with E-state index in [1.54, 1.807) is 12.1 Å². The molecule has 1 atom stereocenters. The molecule has 6 heteroatoms. The highest BCUT2D eigenvalue weighted by Crippen LogP contribution is 2.29. The molecule has 3 N–H and O–H groups in total. The molecule has 0 unspecified atom stereocenters. The quantitative estimate of drug-likeness (QED) is 0.670. The summed E-state index contributed by atoms with van der Waals surface area (Å²) in [4.78, 5) is 24.3. The molecule has 24 heavy (non-hydrogen) atoms. The molecule has 0 aromatic heterocycles. The summed E-state index contributed by atoms with van der Waals surface area (Å²) in [6.07, 6.45) is 0.968. The van der Waals surface area contributed by atoms with Gasteiger partial charge in [0.15, 0.2) is 0 Å². The van der Waals surface area contributed by atoms with Gasteiger partial charge in [0.2, 0.25) is 5.91 Å². The van der Waals surface area contributed by atoms with Gasteiger partial charge in [-0.15, -0.1) is 0 Å². The van der Waals surface area contributed by atoms with Crippen LogP contribution in [-0.2, 0) is 9.53 Å². The molecule has 6 nitrogen and oxygen atoms in total. The summed E-state index contributed by atoms with van der Waals surface area (Å²) in [7, 11) is 0. The van der Waals surface area contributed by atoms with Gasteiger partial charge in [0.25, 0.3) is 5.91 Å².